The highest BCUT2D eigenvalue weighted by molar-refractivity contribution is 5.31. The number of halogens is 2. The van der Waals surface area contributed by atoms with Crippen molar-refractivity contribution in [1.29, 1.82) is 0 Å². The fourth-order valence-electron chi connectivity index (χ4n) is 3.46. The van der Waals surface area contributed by atoms with Crippen LogP contribution in [0.3, 0.4) is 0 Å². The van der Waals surface area contributed by atoms with Crippen LogP contribution in [0.5, 0.6) is 0 Å². The third kappa shape index (κ3) is 1.95. The first-order valence-electron chi connectivity index (χ1n) is 7.25. The predicted molar refractivity (Wildman–Crippen MR) is 76.5 cm³/mol. The van der Waals surface area contributed by atoms with Crippen LogP contribution in [0.1, 0.15) is 44.7 Å². The van der Waals surface area contributed by atoms with Crippen LogP contribution in [0.4, 0.5) is 8.78 Å². The molecule has 3 rings (SSSR count). The average Bonchev–Trinajstić information content (AvgIpc) is 2.80. The predicted octanol–water partition coefficient (Wildman–Crippen LogP) is 4.61. The summed E-state index contributed by atoms with van der Waals surface area (Å²) in [6, 6.07) is 6.85. The standard InChI is InChI=1S/C17H21F2N/c1-12(16(2)11-17(16,3)19)20-10-4-5-15(20)13-6-8-14(18)9-7-13/h6-9,15H,1,4-5,10-11H2,2-3H3. The topological polar surface area (TPSA) is 3.24 Å². The molecule has 1 aliphatic heterocycles. The fourth-order valence-corrected chi connectivity index (χ4v) is 3.46. The molecule has 3 unspecified atom stereocenters. The molecule has 0 bridgehead atoms. The van der Waals surface area contributed by atoms with Gasteiger partial charge in [-0.25, -0.2) is 8.78 Å². The molecule has 1 heterocycles. The van der Waals surface area contributed by atoms with Crippen molar-refractivity contribution in [2.75, 3.05) is 6.54 Å². The van der Waals surface area contributed by atoms with Gasteiger partial charge in [0.15, 0.2) is 0 Å². The first-order chi connectivity index (χ1) is 9.35. The summed E-state index contributed by atoms with van der Waals surface area (Å²) in [4.78, 5) is 2.22. The summed E-state index contributed by atoms with van der Waals surface area (Å²) in [6.45, 7) is 8.69. The molecule has 3 atom stereocenters. The lowest BCUT2D eigenvalue weighted by molar-refractivity contribution is 0.222. The molecule has 0 aromatic heterocycles. The van der Waals surface area contributed by atoms with Crippen molar-refractivity contribution in [3.63, 3.8) is 0 Å². The van der Waals surface area contributed by atoms with E-state index in [0.29, 0.717) is 6.42 Å². The molecule has 1 saturated carbocycles. The molecular formula is C17H21F2N. The van der Waals surface area contributed by atoms with Gasteiger partial charge in [-0.05, 0) is 43.9 Å². The maximum absolute atomic E-state index is 14.2. The van der Waals surface area contributed by atoms with Crippen LogP contribution in [-0.4, -0.2) is 17.1 Å². The van der Waals surface area contributed by atoms with E-state index in [4.69, 9.17) is 0 Å². The summed E-state index contributed by atoms with van der Waals surface area (Å²) in [7, 11) is 0. The zero-order valence-electron chi connectivity index (χ0n) is 12.1. The Morgan fingerprint density at radius 2 is 1.90 bits per heavy atom. The molecule has 2 fully saturated rings. The number of hydrogen-bond donors (Lipinski definition) is 0. The van der Waals surface area contributed by atoms with Crippen LogP contribution in [-0.2, 0) is 0 Å². The van der Waals surface area contributed by atoms with Crippen molar-refractivity contribution >= 4 is 0 Å². The van der Waals surface area contributed by atoms with Gasteiger partial charge in [-0.1, -0.05) is 25.6 Å². The van der Waals surface area contributed by atoms with E-state index in [1.807, 2.05) is 19.1 Å². The zero-order valence-corrected chi connectivity index (χ0v) is 12.1. The van der Waals surface area contributed by atoms with E-state index in [9.17, 15) is 8.78 Å². The van der Waals surface area contributed by atoms with Gasteiger partial charge >= 0.3 is 0 Å². The SMILES string of the molecule is C=C(N1CCCC1c1ccc(F)cc1)C1(C)CC1(C)F. The lowest BCUT2D eigenvalue weighted by Crippen LogP contribution is -2.29. The highest BCUT2D eigenvalue weighted by Crippen LogP contribution is 2.64. The zero-order chi connectivity index (χ0) is 14.5. The Bertz CT molecular complexity index is 534. The molecule has 0 N–H and O–H groups in total. The van der Waals surface area contributed by atoms with Crippen molar-refractivity contribution < 1.29 is 8.78 Å². The van der Waals surface area contributed by atoms with Gasteiger partial charge in [0.2, 0.25) is 0 Å². The molecule has 1 aliphatic carbocycles. The van der Waals surface area contributed by atoms with E-state index in [1.54, 1.807) is 6.92 Å². The summed E-state index contributed by atoms with van der Waals surface area (Å²) in [5.74, 6) is -0.220. The number of hydrogen-bond acceptors (Lipinski definition) is 1. The molecule has 1 aromatic carbocycles. The van der Waals surface area contributed by atoms with Crippen LogP contribution in [0.25, 0.3) is 0 Å². The number of likely N-dealkylation sites (tertiary alicyclic amines) is 1. The Morgan fingerprint density at radius 1 is 1.30 bits per heavy atom. The van der Waals surface area contributed by atoms with E-state index in [0.717, 1.165) is 30.6 Å². The second-order valence-corrected chi connectivity index (χ2v) is 6.56. The van der Waals surface area contributed by atoms with Crippen LogP contribution >= 0.6 is 0 Å². The smallest absolute Gasteiger partial charge is 0.123 e. The second-order valence-electron chi connectivity index (χ2n) is 6.56. The third-order valence-corrected chi connectivity index (χ3v) is 5.20. The minimum atomic E-state index is -1.14. The fraction of sp³-hybridized carbons (Fsp3) is 0.529. The summed E-state index contributed by atoms with van der Waals surface area (Å²) < 4.78 is 27.2. The summed E-state index contributed by atoms with van der Waals surface area (Å²) in [5.41, 5.74) is 0.416. The molecular weight excluding hydrogens is 256 g/mol. The Balaban J connectivity index is 1.83. The molecule has 1 saturated heterocycles. The number of rotatable bonds is 3. The molecule has 0 amide bonds. The van der Waals surface area contributed by atoms with Gasteiger partial charge in [0.1, 0.15) is 11.5 Å². The second kappa shape index (κ2) is 4.31. The van der Waals surface area contributed by atoms with E-state index in [2.05, 4.69) is 11.5 Å². The third-order valence-electron chi connectivity index (χ3n) is 5.20. The summed E-state index contributed by atoms with van der Waals surface area (Å²) in [6.07, 6.45) is 2.63. The Labute approximate surface area is 119 Å². The van der Waals surface area contributed by atoms with Crippen LogP contribution < -0.4 is 0 Å². The normalized spacial score (nSPS) is 36.2. The van der Waals surface area contributed by atoms with E-state index in [1.165, 1.54) is 12.1 Å². The van der Waals surface area contributed by atoms with Gasteiger partial charge in [0.05, 0.1) is 6.04 Å². The largest absolute Gasteiger partial charge is 0.368 e. The van der Waals surface area contributed by atoms with Crippen molar-refractivity contribution in [3.05, 3.63) is 47.9 Å². The first kappa shape index (κ1) is 13.6. The quantitative estimate of drug-likeness (QED) is 0.779. The molecule has 0 spiro atoms. The number of nitrogens with zero attached hydrogens (tertiary/aromatic N) is 1. The van der Waals surface area contributed by atoms with Crippen LogP contribution in [0.2, 0.25) is 0 Å². The van der Waals surface area contributed by atoms with Gasteiger partial charge in [-0.2, -0.15) is 0 Å². The summed E-state index contributed by atoms with van der Waals surface area (Å²) in [5, 5.41) is 0. The van der Waals surface area contributed by atoms with Crippen molar-refractivity contribution in [2.24, 2.45) is 5.41 Å². The van der Waals surface area contributed by atoms with E-state index in [-0.39, 0.29) is 11.9 Å². The minimum Gasteiger partial charge on any atom is -0.368 e. The van der Waals surface area contributed by atoms with Gasteiger partial charge in [0, 0.05) is 17.7 Å². The highest BCUT2D eigenvalue weighted by Gasteiger charge is 2.65. The average molecular weight is 277 g/mol. The van der Waals surface area contributed by atoms with Crippen LogP contribution in [0, 0.1) is 11.2 Å². The van der Waals surface area contributed by atoms with E-state index < -0.39 is 11.1 Å². The molecule has 2 aliphatic rings. The van der Waals surface area contributed by atoms with Crippen molar-refractivity contribution in [2.45, 2.75) is 44.8 Å². The maximum Gasteiger partial charge on any atom is 0.123 e. The number of allylic oxidation sites excluding steroid dienone is 1. The Hall–Kier alpha value is -1.38. The molecule has 108 valence electrons. The van der Waals surface area contributed by atoms with Gasteiger partial charge in [0.25, 0.3) is 0 Å². The van der Waals surface area contributed by atoms with Gasteiger partial charge in [-0.3, -0.25) is 0 Å². The number of alkyl halides is 1. The molecule has 3 heteroatoms. The van der Waals surface area contributed by atoms with Crippen LogP contribution in [0.15, 0.2) is 36.5 Å². The molecule has 1 nitrogen and oxygen atoms in total. The Kier molecular flexibility index (Phi) is 2.93. The number of benzene rings is 1. The molecule has 20 heavy (non-hydrogen) atoms. The minimum absolute atomic E-state index is 0.205. The Morgan fingerprint density at radius 3 is 2.45 bits per heavy atom. The van der Waals surface area contributed by atoms with Crippen molar-refractivity contribution in [1.82, 2.24) is 4.90 Å². The first-order valence-corrected chi connectivity index (χ1v) is 7.25. The van der Waals surface area contributed by atoms with Crippen molar-refractivity contribution in [3.8, 4) is 0 Å². The summed E-state index contributed by atoms with van der Waals surface area (Å²) >= 11 is 0. The van der Waals surface area contributed by atoms with Gasteiger partial charge < -0.3 is 4.90 Å². The van der Waals surface area contributed by atoms with E-state index >= 15 is 0 Å². The lowest BCUT2D eigenvalue weighted by atomic mass is 9.98. The maximum atomic E-state index is 14.2. The highest BCUT2D eigenvalue weighted by atomic mass is 19.1. The molecule has 1 aromatic rings. The molecule has 0 radical (unpaired) electrons. The lowest BCUT2D eigenvalue weighted by Gasteiger charge is -2.33. The van der Waals surface area contributed by atoms with Gasteiger partial charge in [-0.15, -0.1) is 0 Å². The monoisotopic (exact) mass is 277 g/mol.